The normalized spacial score (nSPS) is 24.6. The average Bonchev–Trinajstić information content (AvgIpc) is 2.41. The van der Waals surface area contributed by atoms with Crippen molar-refractivity contribution in [3.8, 4) is 0 Å². The van der Waals surface area contributed by atoms with Crippen LogP contribution in [-0.2, 0) is 37.3 Å². The van der Waals surface area contributed by atoms with E-state index in [0.29, 0.717) is 12.8 Å². The molecular formula is C14H18HgO4. The molecule has 2 atom stereocenters. The fourth-order valence-corrected chi connectivity index (χ4v) is 2.02. The molecule has 0 aromatic rings. The zero-order valence-corrected chi connectivity index (χ0v) is 16.5. The van der Waals surface area contributed by atoms with Gasteiger partial charge >= 0.3 is 27.7 Å². The summed E-state index contributed by atoms with van der Waals surface area (Å²) in [5, 5.41) is 20.4. The first-order valence-corrected chi connectivity index (χ1v) is 6.33. The summed E-state index contributed by atoms with van der Waals surface area (Å²) < 4.78 is 0. The zero-order valence-electron chi connectivity index (χ0n) is 11.0. The predicted molar refractivity (Wildman–Crippen MR) is 63.0 cm³/mol. The molecule has 0 radical (unpaired) electrons. The number of hydrogen-bond donors (Lipinski definition) is 0. The van der Waals surface area contributed by atoms with Crippen LogP contribution in [0.5, 0.6) is 0 Å². The van der Waals surface area contributed by atoms with Gasteiger partial charge in [0, 0.05) is 23.8 Å². The van der Waals surface area contributed by atoms with Crippen LogP contribution in [0, 0.1) is 11.8 Å². The number of allylic oxidation sites excluding steroid dienone is 4. The van der Waals surface area contributed by atoms with Gasteiger partial charge < -0.3 is 19.8 Å². The fraction of sp³-hybridized carbons (Fsp3) is 0.571. The molecule has 19 heavy (non-hydrogen) atoms. The molecule has 0 aromatic heterocycles. The smallest absolute Gasteiger partial charge is 0.550 e. The van der Waals surface area contributed by atoms with Crippen molar-refractivity contribution in [1.29, 1.82) is 0 Å². The molecule has 0 fully saturated rings. The van der Waals surface area contributed by atoms with Crippen molar-refractivity contribution >= 4 is 11.9 Å². The van der Waals surface area contributed by atoms with E-state index < -0.39 is 11.9 Å². The van der Waals surface area contributed by atoms with Crippen LogP contribution in [0.4, 0.5) is 0 Å². The maximum absolute atomic E-state index is 10.2. The number of aliphatic carboxylic acids is 2. The second kappa shape index (κ2) is 10.2. The molecule has 100 valence electrons. The molecule has 0 bridgehead atoms. The molecule has 0 aromatic carbocycles. The molecule has 2 unspecified atom stereocenters. The SMILES string of the molecule is O=C([O-])C1CC=CCC1.O=C([O-])C1CC=CCC1.[Hg+2]. The topological polar surface area (TPSA) is 80.3 Å². The molecule has 0 saturated heterocycles. The number of carboxylic acid groups (broad SMARTS) is 2. The van der Waals surface area contributed by atoms with E-state index in [-0.39, 0.29) is 39.5 Å². The van der Waals surface area contributed by atoms with E-state index in [1.165, 1.54) is 0 Å². The summed E-state index contributed by atoms with van der Waals surface area (Å²) in [4.78, 5) is 20.4. The molecule has 0 heterocycles. The van der Waals surface area contributed by atoms with Crippen LogP contribution in [0.3, 0.4) is 0 Å². The van der Waals surface area contributed by atoms with Crippen LogP contribution in [0.2, 0.25) is 0 Å². The van der Waals surface area contributed by atoms with Gasteiger partial charge in [-0.1, -0.05) is 24.3 Å². The molecule has 0 aliphatic heterocycles. The maximum atomic E-state index is 10.2. The number of hydrogen-bond acceptors (Lipinski definition) is 4. The molecule has 2 aliphatic carbocycles. The van der Waals surface area contributed by atoms with E-state index in [1.54, 1.807) is 0 Å². The monoisotopic (exact) mass is 452 g/mol. The molecule has 0 amide bonds. The van der Waals surface area contributed by atoms with E-state index in [9.17, 15) is 19.8 Å². The first-order chi connectivity index (χ1) is 8.61. The third kappa shape index (κ3) is 7.50. The van der Waals surface area contributed by atoms with Gasteiger partial charge in [0.25, 0.3) is 0 Å². The van der Waals surface area contributed by atoms with E-state index in [0.717, 1.165) is 25.7 Å². The summed E-state index contributed by atoms with van der Waals surface area (Å²) in [6.45, 7) is 0. The molecule has 0 N–H and O–H groups in total. The van der Waals surface area contributed by atoms with Gasteiger partial charge in [0.15, 0.2) is 0 Å². The van der Waals surface area contributed by atoms with Crippen LogP contribution in [0.1, 0.15) is 38.5 Å². The number of carbonyl (C=O) groups is 2. The van der Waals surface area contributed by atoms with Gasteiger partial charge in [-0.2, -0.15) is 0 Å². The van der Waals surface area contributed by atoms with E-state index >= 15 is 0 Å². The Morgan fingerprint density at radius 2 is 1.16 bits per heavy atom. The quantitative estimate of drug-likeness (QED) is 0.444. The summed E-state index contributed by atoms with van der Waals surface area (Å²) in [7, 11) is 0. The van der Waals surface area contributed by atoms with Gasteiger partial charge in [-0.05, 0) is 38.5 Å². The van der Waals surface area contributed by atoms with Crippen molar-refractivity contribution < 1.29 is 47.5 Å². The van der Waals surface area contributed by atoms with Gasteiger partial charge in [0.1, 0.15) is 0 Å². The summed E-state index contributed by atoms with van der Waals surface area (Å²) in [6.07, 6.45) is 12.4. The van der Waals surface area contributed by atoms with Crippen molar-refractivity contribution in [2.75, 3.05) is 0 Å². The molecule has 4 nitrogen and oxygen atoms in total. The van der Waals surface area contributed by atoms with Gasteiger partial charge in [0.05, 0.1) is 0 Å². The number of rotatable bonds is 2. The second-order valence-electron chi connectivity index (χ2n) is 4.60. The first kappa shape index (κ1) is 18.4. The minimum atomic E-state index is -0.903. The summed E-state index contributed by atoms with van der Waals surface area (Å²) >= 11 is 0. The van der Waals surface area contributed by atoms with Crippen LogP contribution in [-0.4, -0.2) is 11.9 Å². The van der Waals surface area contributed by atoms with Crippen molar-refractivity contribution in [1.82, 2.24) is 0 Å². The molecule has 0 saturated carbocycles. The second-order valence-corrected chi connectivity index (χ2v) is 4.60. The van der Waals surface area contributed by atoms with Crippen molar-refractivity contribution in [3.63, 3.8) is 0 Å². The van der Waals surface area contributed by atoms with Crippen LogP contribution in [0.15, 0.2) is 24.3 Å². The first-order valence-electron chi connectivity index (χ1n) is 6.33. The van der Waals surface area contributed by atoms with Gasteiger partial charge in [-0.15, -0.1) is 0 Å². The Hall–Kier alpha value is -0.645. The molecule has 0 spiro atoms. The zero-order chi connectivity index (χ0) is 13.4. The third-order valence-corrected chi connectivity index (χ3v) is 3.20. The standard InChI is InChI=1S/2C7H10O2.Hg/c2*8-7(9)6-4-2-1-3-5-6;/h2*1-2,6H,3-5H2,(H,8,9);/q;;+2/p-2. The molecule has 2 aliphatic rings. The minimum absolute atomic E-state index is 0. The summed E-state index contributed by atoms with van der Waals surface area (Å²) in [5.41, 5.74) is 0. The molecular weight excluding hydrogens is 433 g/mol. The molecule has 2 rings (SSSR count). The van der Waals surface area contributed by atoms with Gasteiger partial charge in [-0.3, -0.25) is 0 Å². The minimum Gasteiger partial charge on any atom is -0.550 e. The van der Waals surface area contributed by atoms with Gasteiger partial charge in [0.2, 0.25) is 0 Å². The largest absolute Gasteiger partial charge is 2.00 e. The van der Waals surface area contributed by atoms with Crippen molar-refractivity contribution in [2.45, 2.75) is 38.5 Å². The predicted octanol–water partition coefficient (Wildman–Crippen LogP) is 0.183. The van der Waals surface area contributed by atoms with E-state index in [1.807, 2.05) is 24.3 Å². The van der Waals surface area contributed by atoms with Crippen LogP contribution >= 0.6 is 0 Å². The van der Waals surface area contributed by atoms with Crippen molar-refractivity contribution in [3.05, 3.63) is 24.3 Å². The van der Waals surface area contributed by atoms with Crippen molar-refractivity contribution in [2.24, 2.45) is 11.8 Å². The van der Waals surface area contributed by atoms with Gasteiger partial charge in [-0.25, -0.2) is 0 Å². The average molecular weight is 451 g/mol. The number of carboxylic acids is 2. The van der Waals surface area contributed by atoms with Crippen LogP contribution in [0.25, 0.3) is 0 Å². The Bertz CT molecular complexity index is 315. The maximum Gasteiger partial charge on any atom is 2.00 e. The summed E-state index contributed by atoms with van der Waals surface area (Å²) in [6, 6.07) is 0. The third-order valence-electron chi connectivity index (χ3n) is 3.20. The Morgan fingerprint density at radius 3 is 1.32 bits per heavy atom. The molecule has 5 heteroatoms. The summed E-state index contributed by atoms with van der Waals surface area (Å²) in [5.74, 6) is -2.26. The Labute approximate surface area is 134 Å². The van der Waals surface area contributed by atoms with E-state index in [4.69, 9.17) is 0 Å². The fourth-order valence-electron chi connectivity index (χ4n) is 2.02. The Morgan fingerprint density at radius 1 is 0.789 bits per heavy atom. The Kier molecular flexibility index (Phi) is 9.83. The Balaban J connectivity index is 0.000000324. The van der Waals surface area contributed by atoms with E-state index in [2.05, 4.69) is 0 Å². The van der Waals surface area contributed by atoms with Crippen LogP contribution < -0.4 is 10.2 Å². The number of carbonyl (C=O) groups excluding carboxylic acids is 2.